The molecular weight excluding hydrogens is 284 g/mol. The summed E-state index contributed by atoms with van der Waals surface area (Å²) in [5.41, 5.74) is 8.38. The van der Waals surface area contributed by atoms with Crippen molar-refractivity contribution in [2.75, 3.05) is 25.6 Å². The molecule has 0 aliphatic heterocycles. The molecule has 0 aliphatic rings. The number of nitrogens with two attached hydrogens (primary N) is 1. The normalized spacial score (nSPS) is 12.0. The summed E-state index contributed by atoms with van der Waals surface area (Å²) in [5, 5.41) is 0.723. The van der Waals surface area contributed by atoms with Gasteiger partial charge >= 0.3 is 0 Å². The Morgan fingerprint density at radius 2 is 1.95 bits per heavy atom. The molecule has 112 valence electrons. The first kappa shape index (κ1) is 15.7. The molecule has 0 amide bonds. The molecule has 2 aromatic carbocycles. The van der Waals surface area contributed by atoms with E-state index in [-0.39, 0.29) is 6.04 Å². The van der Waals surface area contributed by atoms with Crippen LogP contribution in [0.2, 0.25) is 5.02 Å². The molecule has 0 aromatic heterocycles. The summed E-state index contributed by atoms with van der Waals surface area (Å²) in [4.78, 5) is 2.16. The number of methoxy groups -OCH3 is 1. The highest BCUT2D eigenvalue weighted by Gasteiger charge is 2.11. The minimum Gasteiger partial charge on any atom is -0.495 e. The Kier molecular flexibility index (Phi) is 5.48. The van der Waals surface area contributed by atoms with Crippen LogP contribution in [-0.2, 0) is 0 Å². The maximum absolute atomic E-state index is 6.24. The summed E-state index contributed by atoms with van der Waals surface area (Å²) in [7, 11) is 3.73. The van der Waals surface area contributed by atoms with Crippen LogP contribution in [0.3, 0.4) is 0 Å². The van der Waals surface area contributed by atoms with Crippen molar-refractivity contribution in [1.82, 2.24) is 0 Å². The van der Waals surface area contributed by atoms with Crippen LogP contribution >= 0.6 is 11.6 Å². The number of halogens is 1. The van der Waals surface area contributed by atoms with Crippen LogP contribution in [0.4, 0.5) is 5.69 Å². The van der Waals surface area contributed by atoms with Crippen molar-refractivity contribution in [1.29, 1.82) is 0 Å². The predicted octanol–water partition coefficient (Wildman–Crippen LogP) is 3.87. The lowest BCUT2D eigenvalue weighted by molar-refractivity contribution is 0.414. The first-order valence-electron chi connectivity index (χ1n) is 6.97. The topological polar surface area (TPSA) is 38.5 Å². The lowest BCUT2D eigenvalue weighted by atomic mass is 10.0. The molecule has 0 fully saturated rings. The number of hydrogen-bond donors (Lipinski definition) is 1. The minimum absolute atomic E-state index is 0.0270. The van der Waals surface area contributed by atoms with Gasteiger partial charge in [0.05, 0.1) is 12.8 Å². The van der Waals surface area contributed by atoms with Gasteiger partial charge in [-0.2, -0.15) is 0 Å². The van der Waals surface area contributed by atoms with Crippen LogP contribution in [0.5, 0.6) is 5.75 Å². The Balaban J connectivity index is 1.99. The monoisotopic (exact) mass is 304 g/mol. The molecule has 0 bridgehead atoms. The number of hydrogen-bond acceptors (Lipinski definition) is 3. The lowest BCUT2D eigenvalue weighted by Gasteiger charge is -2.23. The second-order valence-electron chi connectivity index (χ2n) is 5.04. The van der Waals surface area contributed by atoms with Gasteiger partial charge in [0.1, 0.15) is 5.75 Å². The van der Waals surface area contributed by atoms with Gasteiger partial charge in [0.15, 0.2) is 0 Å². The van der Waals surface area contributed by atoms with Gasteiger partial charge in [-0.15, -0.1) is 0 Å². The van der Waals surface area contributed by atoms with Crippen molar-refractivity contribution in [2.24, 2.45) is 5.73 Å². The highest BCUT2D eigenvalue weighted by Crippen LogP contribution is 2.27. The van der Waals surface area contributed by atoms with E-state index in [2.05, 4.69) is 4.90 Å². The smallest absolute Gasteiger partial charge is 0.142 e. The zero-order valence-electron chi connectivity index (χ0n) is 12.4. The Morgan fingerprint density at radius 3 is 2.67 bits per heavy atom. The SMILES string of the molecule is COc1ccccc1N(C)CCC(N)c1cccc(Cl)c1. The largest absolute Gasteiger partial charge is 0.495 e. The van der Waals surface area contributed by atoms with Crippen molar-refractivity contribution >= 4 is 17.3 Å². The molecular formula is C17H21ClN2O. The van der Waals surface area contributed by atoms with Crippen LogP contribution in [-0.4, -0.2) is 20.7 Å². The fourth-order valence-electron chi connectivity index (χ4n) is 2.30. The van der Waals surface area contributed by atoms with E-state index in [1.165, 1.54) is 0 Å². The molecule has 0 saturated heterocycles. The molecule has 0 spiro atoms. The van der Waals surface area contributed by atoms with E-state index < -0.39 is 0 Å². The molecule has 1 atom stereocenters. The highest BCUT2D eigenvalue weighted by molar-refractivity contribution is 6.30. The summed E-state index contributed by atoms with van der Waals surface area (Å²) in [5.74, 6) is 0.872. The number of ether oxygens (including phenoxy) is 1. The van der Waals surface area contributed by atoms with Crippen molar-refractivity contribution in [2.45, 2.75) is 12.5 Å². The van der Waals surface area contributed by atoms with Crippen LogP contribution in [0, 0.1) is 0 Å². The van der Waals surface area contributed by atoms with Gasteiger partial charge in [0, 0.05) is 24.7 Å². The number of nitrogens with zero attached hydrogens (tertiary/aromatic N) is 1. The Bertz CT molecular complexity index is 589. The third kappa shape index (κ3) is 4.13. The molecule has 1 unspecified atom stereocenters. The number of para-hydroxylation sites is 2. The second kappa shape index (κ2) is 7.34. The molecule has 0 saturated carbocycles. The lowest BCUT2D eigenvalue weighted by Crippen LogP contribution is -2.23. The standard InChI is InChI=1S/C17H21ClN2O/c1-20(16-8-3-4-9-17(16)21-2)11-10-15(19)13-6-5-7-14(18)12-13/h3-9,12,15H,10-11,19H2,1-2H3. The van der Waals surface area contributed by atoms with Crippen molar-refractivity contribution in [3.63, 3.8) is 0 Å². The van der Waals surface area contributed by atoms with E-state index in [0.717, 1.165) is 35.0 Å². The van der Waals surface area contributed by atoms with Gasteiger partial charge in [-0.3, -0.25) is 0 Å². The maximum atomic E-state index is 6.24. The molecule has 3 nitrogen and oxygen atoms in total. The zero-order valence-corrected chi connectivity index (χ0v) is 13.2. The van der Waals surface area contributed by atoms with E-state index >= 15 is 0 Å². The van der Waals surface area contributed by atoms with Crippen molar-refractivity contribution in [3.05, 3.63) is 59.1 Å². The predicted molar refractivity (Wildman–Crippen MR) is 89.3 cm³/mol. The van der Waals surface area contributed by atoms with Gasteiger partial charge < -0.3 is 15.4 Å². The molecule has 21 heavy (non-hydrogen) atoms. The Hall–Kier alpha value is -1.71. The van der Waals surface area contributed by atoms with Crippen LogP contribution in [0.25, 0.3) is 0 Å². The highest BCUT2D eigenvalue weighted by atomic mass is 35.5. The third-order valence-electron chi connectivity index (χ3n) is 3.55. The van der Waals surface area contributed by atoms with E-state index in [0.29, 0.717) is 0 Å². The second-order valence-corrected chi connectivity index (χ2v) is 5.48. The maximum Gasteiger partial charge on any atom is 0.142 e. The van der Waals surface area contributed by atoms with Gasteiger partial charge in [0.2, 0.25) is 0 Å². The average Bonchev–Trinajstić information content (AvgIpc) is 2.52. The Morgan fingerprint density at radius 1 is 1.19 bits per heavy atom. The van der Waals surface area contributed by atoms with Crippen LogP contribution in [0.1, 0.15) is 18.0 Å². The van der Waals surface area contributed by atoms with Gasteiger partial charge in [-0.25, -0.2) is 0 Å². The summed E-state index contributed by atoms with van der Waals surface area (Å²) < 4.78 is 5.38. The van der Waals surface area contributed by atoms with Gasteiger partial charge in [-0.05, 0) is 36.2 Å². The fourth-order valence-corrected chi connectivity index (χ4v) is 2.50. The molecule has 2 aromatic rings. The Labute approximate surface area is 131 Å². The van der Waals surface area contributed by atoms with E-state index in [9.17, 15) is 0 Å². The summed E-state index contributed by atoms with van der Waals surface area (Å²) in [6.07, 6.45) is 0.842. The van der Waals surface area contributed by atoms with E-state index in [1.54, 1.807) is 7.11 Å². The van der Waals surface area contributed by atoms with E-state index in [4.69, 9.17) is 22.1 Å². The molecule has 0 radical (unpaired) electrons. The minimum atomic E-state index is -0.0270. The van der Waals surface area contributed by atoms with Crippen LogP contribution < -0.4 is 15.4 Å². The van der Waals surface area contributed by atoms with Gasteiger partial charge in [0.25, 0.3) is 0 Å². The molecule has 0 heterocycles. The first-order chi connectivity index (χ1) is 10.1. The zero-order chi connectivity index (χ0) is 15.2. The summed E-state index contributed by atoms with van der Waals surface area (Å²) in [6.45, 7) is 0.841. The van der Waals surface area contributed by atoms with Crippen molar-refractivity contribution < 1.29 is 4.74 Å². The summed E-state index contributed by atoms with van der Waals surface area (Å²) in [6, 6.07) is 15.7. The van der Waals surface area contributed by atoms with Crippen LogP contribution in [0.15, 0.2) is 48.5 Å². The quantitative estimate of drug-likeness (QED) is 0.880. The molecule has 2 rings (SSSR count). The van der Waals surface area contributed by atoms with E-state index in [1.807, 2.05) is 55.6 Å². The fraction of sp³-hybridized carbons (Fsp3) is 0.294. The third-order valence-corrected chi connectivity index (χ3v) is 3.78. The number of anilines is 1. The molecule has 4 heteroatoms. The first-order valence-corrected chi connectivity index (χ1v) is 7.35. The van der Waals surface area contributed by atoms with Gasteiger partial charge in [-0.1, -0.05) is 35.9 Å². The van der Waals surface area contributed by atoms with Crippen molar-refractivity contribution in [3.8, 4) is 5.75 Å². The molecule has 2 N–H and O–H groups in total. The summed E-state index contributed by atoms with van der Waals surface area (Å²) >= 11 is 6.00. The molecule has 0 aliphatic carbocycles. The number of benzene rings is 2. The number of rotatable bonds is 6. The average molecular weight is 305 g/mol.